The van der Waals surface area contributed by atoms with Gasteiger partial charge in [0, 0.05) is 19.3 Å². The maximum atomic E-state index is 13.4. The van der Waals surface area contributed by atoms with E-state index in [4.69, 9.17) is 5.14 Å². The number of imidazole rings is 1. The highest BCUT2D eigenvalue weighted by molar-refractivity contribution is 7.89. The average molecular weight is 496 g/mol. The molecular weight excluding hydrogens is 473 g/mol. The number of nitrogens with zero attached hydrogens (tertiary/aromatic N) is 2. The van der Waals surface area contributed by atoms with Crippen LogP contribution < -0.4 is 15.8 Å². The van der Waals surface area contributed by atoms with E-state index in [9.17, 15) is 22.4 Å². The lowest BCUT2D eigenvalue weighted by Gasteiger charge is -2.08. The molecule has 2 aromatic carbocycles. The summed E-state index contributed by atoms with van der Waals surface area (Å²) >= 11 is 0. The second kappa shape index (κ2) is 9.65. The van der Waals surface area contributed by atoms with Crippen LogP contribution in [-0.2, 0) is 23.1 Å². The van der Waals surface area contributed by atoms with Gasteiger partial charge in [-0.1, -0.05) is 30.3 Å². The minimum absolute atomic E-state index is 0.0175. The van der Waals surface area contributed by atoms with Crippen molar-refractivity contribution in [2.75, 3.05) is 0 Å². The van der Waals surface area contributed by atoms with E-state index in [1.165, 1.54) is 28.8 Å². The molecule has 0 aliphatic rings. The first-order chi connectivity index (χ1) is 16.6. The molecule has 0 spiro atoms. The number of halogens is 1. The molecule has 0 unspecified atom stereocenters. The molecular formula is C24H22FN5O4S. The topological polar surface area (TPSA) is 136 Å². The van der Waals surface area contributed by atoms with Crippen LogP contribution in [0.4, 0.5) is 4.39 Å². The van der Waals surface area contributed by atoms with E-state index >= 15 is 0 Å². The maximum absolute atomic E-state index is 13.4. The number of nitrogens with one attached hydrogen (secondary N) is 2. The predicted octanol–water partition coefficient (Wildman–Crippen LogP) is 2.29. The minimum atomic E-state index is -3.79. The second-order valence-corrected chi connectivity index (χ2v) is 9.46. The molecule has 0 saturated carbocycles. The second-order valence-electron chi connectivity index (χ2n) is 7.90. The molecule has 9 nitrogen and oxygen atoms in total. The Bertz CT molecular complexity index is 1530. The normalized spacial score (nSPS) is 11.4. The van der Waals surface area contributed by atoms with E-state index in [0.717, 1.165) is 5.56 Å². The van der Waals surface area contributed by atoms with Crippen LogP contribution >= 0.6 is 0 Å². The van der Waals surface area contributed by atoms with Gasteiger partial charge < -0.3 is 10.6 Å². The lowest BCUT2D eigenvalue weighted by atomic mass is 10.1. The molecule has 4 N–H and O–H groups in total. The van der Waals surface area contributed by atoms with E-state index in [1.807, 2.05) is 0 Å². The molecule has 0 fully saturated rings. The summed E-state index contributed by atoms with van der Waals surface area (Å²) in [4.78, 5) is 29.7. The van der Waals surface area contributed by atoms with Gasteiger partial charge in [-0.3, -0.25) is 14.0 Å². The fourth-order valence-electron chi connectivity index (χ4n) is 3.46. The number of aryl methyl sites for hydroxylation is 1. The molecule has 2 heterocycles. The Hall–Kier alpha value is -4.09. The van der Waals surface area contributed by atoms with Crippen molar-refractivity contribution in [2.45, 2.75) is 24.9 Å². The van der Waals surface area contributed by atoms with Gasteiger partial charge in [0.2, 0.25) is 10.0 Å². The molecule has 11 heteroatoms. The number of pyridine rings is 1. The lowest BCUT2D eigenvalue weighted by molar-refractivity contribution is 0.0935. The predicted molar refractivity (Wildman–Crippen MR) is 126 cm³/mol. The van der Waals surface area contributed by atoms with E-state index in [1.54, 1.807) is 49.4 Å². The van der Waals surface area contributed by atoms with Crippen LogP contribution in [0.15, 0.2) is 71.8 Å². The van der Waals surface area contributed by atoms with Crippen molar-refractivity contribution in [1.29, 1.82) is 0 Å². The van der Waals surface area contributed by atoms with Gasteiger partial charge in [0.25, 0.3) is 11.8 Å². The largest absolute Gasteiger partial charge is 0.347 e. The summed E-state index contributed by atoms with van der Waals surface area (Å²) in [7, 11) is -3.79. The molecule has 0 aliphatic heterocycles. The van der Waals surface area contributed by atoms with E-state index in [0.29, 0.717) is 16.8 Å². The van der Waals surface area contributed by atoms with Gasteiger partial charge in [-0.15, -0.1) is 0 Å². The molecule has 0 bridgehead atoms. The summed E-state index contributed by atoms with van der Waals surface area (Å²) in [6.07, 6.45) is 1.47. The number of amides is 2. The first-order valence-corrected chi connectivity index (χ1v) is 12.1. The van der Waals surface area contributed by atoms with Crippen LogP contribution in [0.25, 0.3) is 5.65 Å². The summed E-state index contributed by atoms with van der Waals surface area (Å²) in [5, 5.41) is 10.6. The maximum Gasteiger partial charge on any atom is 0.271 e. The molecule has 0 aliphatic carbocycles. The first-order valence-electron chi connectivity index (χ1n) is 10.5. The van der Waals surface area contributed by atoms with Gasteiger partial charge in [-0.2, -0.15) is 0 Å². The van der Waals surface area contributed by atoms with Crippen molar-refractivity contribution in [1.82, 2.24) is 20.0 Å². The number of hydrogen-bond acceptors (Lipinski definition) is 5. The molecule has 4 aromatic rings. The fraction of sp³-hybridized carbons (Fsp3) is 0.125. The van der Waals surface area contributed by atoms with Crippen LogP contribution in [0.1, 0.15) is 37.7 Å². The van der Waals surface area contributed by atoms with Gasteiger partial charge in [0.05, 0.1) is 4.90 Å². The number of fused-ring (bicyclic) bond motifs is 1. The third kappa shape index (κ3) is 5.53. The number of carbonyl (C=O) groups is 2. The Labute approximate surface area is 200 Å². The van der Waals surface area contributed by atoms with Crippen LogP contribution in [0.5, 0.6) is 0 Å². The number of sulfonamides is 1. The first kappa shape index (κ1) is 24.0. The van der Waals surface area contributed by atoms with E-state index in [-0.39, 0.29) is 35.2 Å². The van der Waals surface area contributed by atoms with Crippen LogP contribution in [0, 0.1) is 12.7 Å². The number of rotatable bonds is 7. The zero-order valence-electron chi connectivity index (χ0n) is 18.7. The van der Waals surface area contributed by atoms with Gasteiger partial charge >= 0.3 is 0 Å². The van der Waals surface area contributed by atoms with E-state index in [2.05, 4.69) is 15.6 Å². The van der Waals surface area contributed by atoms with Crippen LogP contribution in [-0.4, -0.2) is 29.6 Å². The Morgan fingerprint density at radius 2 is 1.63 bits per heavy atom. The quantitative estimate of drug-likeness (QED) is 0.361. The van der Waals surface area contributed by atoms with Gasteiger partial charge in [0.1, 0.15) is 22.9 Å². The van der Waals surface area contributed by atoms with Crippen LogP contribution in [0.2, 0.25) is 0 Å². The number of primary sulfonamides is 1. The van der Waals surface area contributed by atoms with Crippen molar-refractivity contribution in [3.8, 4) is 0 Å². The van der Waals surface area contributed by atoms with E-state index < -0.39 is 21.8 Å². The number of aromatic nitrogens is 2. The van der Waals surface area contributed by atoms with Gasteiger partial charge in [-0.05, 0) is 53.9 Å². The summed E-state index contributed by atoms with van der Waals surface area (Å²) in [6, 6.07) is 15.4. The highest BCUT2D eigenvalue weighted by Crippen LogP contribution is 2.13. The summed E-state index contributed by atoms with van der Waals surface area (Å²) in [5.74, 6) is -1.15. The zero-order chi connectivity index (χ0) is 25.2. The van der Waals surface area contributed by atoms with Crippen molar-refractivity contribution >= 4 is 27.5 Å². The average Bonchev–Trinajstić information content (AvgIpc) is 3.27. The van der Waals surface area contributed by atoms with Gasteiger partial charge in [-0.25, -0.2) is 22.9 Å². The summed E-state index contributed by atoms with van der Waals surface area (Å²) < 4.78 is 37.7. The smallest absolute Gasteiger partial charge is 0.271 e. The molecule has 2 amide bonds. The van der Waals surface area contributed by atoms with Crippen LogP contribution in [0.3, 0.4) is 0 Å². The number of benzene rings is 2. The molecule has 2 aromatic heterocycles. The molecule has 35 heavy (non-hydrogen) atoms. The number of nitrogens with two attached hydrogens (primary N) is 1. The Kier molecular flexibility index (Phi) is 6.63. The minimum Gasteiger partial charge on any atom is -0.347 e. The molecule has 0 saturated heterocycles. The molecule has 0 radical (unpaired) electrons. The molecule has 4 rings (SSSR count). The zero-order valence-corrected chi connectivity index (χ0v) is 19.5. The van der Waals surface area contributed by atoms with Crippen molar-refractivity contribution in [2.24, 2.45) is 5.14 Å². The standard InChI is InChI=1S/C24H22FN5O4S/c1-15-11-17(7-10-19(15)25)13-27-23(31)20-14-30-21(3-2-4-22(30)29-20)24(32)28-12-16-5-8-18(9-6-16)35(26,33)34/h2-11,14H,12-13H2,1H3,(H,27,31)(H,28,32)(H2,26,33,34). The summed E-state index contributed by atoms with van der Waals surface area (Å²) in [6.45, 7) is 2.00. The summed E-state index contributed by atoms with van der Waals surface area (Å²) in [5.41, 5.74) is 2.73. The van der Waals surface area contributed by atoms with Crippen molar-refractivity contribution in [3.63, 3.8) is 0 Å². The fourth-order valence-corrected chi connectivity index (χ4v) is 3.98. The Balaban J connectivity index is 1.45. The third-order valence-corrected chi connectivity index (χ3v) is 6.27. The highest BCUT2D eigenvalue weighted by atomic mass is 32.2. The van der Waals surface area contributed by atoms with Gasteiger partial charge in [0.15, 0.2) is 0 Å². The lowest BCUT2D eigenvalue weighted by Crippen LogP contribution is -2.25. The Morgan fingerprint density at radius 1 is 0.971 bits per heavy atom. The molecule has 0 atom stereocenters. The third-order valence-electron chi connectivity index (χ3n) is 5.34. The van der Waals surface area contributed by atoms with Crippen molar-refractivity contribution < 1.29 is 22.4 Å². The SMILES string of the molecule is Cc1cc(CNC(=O)c2cn3c(C(=O)NCc4ccc(S(N)(=O)=O)cc4)cccc3n2)ccc1F. The molecule has 180 valence electrons. The highest BCUT2D eigenvalue weighted by Gasteiger charge is 2.16. The van der Waals surface area contributed by atoms with Crippen molar-refractivity contribution in [3.05, 3.63) is 101 Å². The number of hydrogen-bond donors (Lipinski definition) is 3. The Morgan fingerprint density at radius 3 is 2.31 bits per heavy atom. The monoisotopic (exact) mass is 495 g/mol. The number of carbonyl (C=O) groups excluding carboxylic acids is 2.